The summed E-state index contributed by atoms with van der Waals surface area (Å²) in [6, 6.07) is 5.71. The molecule has 1 aromatic carbocycles. The molecule has 0 N–H and O–H groups in total. The van der Waals surface area contributed by atoms with Crippen molar-refractivity contribution in [1.82, 2.24) is 4.90 Å². The average Bonchev–Trinajstić information content (AvgIpc) is 2.93. The maximum absolute atomic E-state index is 12.9. The molecule has 24 heavy (non-hydrogen) atoms. The minimum absolute atomic E-state index is 0.129. The Balaban J connectivity index is 2.14. The van der Waals surface area contributed by atoms with E-state index in [1.165, 1.54) is 11.8 Å². The Morgan fingerprint density at radius 2 is 1.92 bits per heavy atom. The maximum atomic E-state index is 12.9. The fourth-order valence-corrected chi connectivity index (χ4v) is 4.62. The molecule has 2 heterocycles. The Labute approximate surface area is 159 Å². The second-order valence-electron chi connectivity index (χ2n) is 6.09. The molecule has 126 valence electrons. The number of thiocarbonyl (C=S) groups is 1. The minimum atomic E-state index is -0.161. The number of carbonyl (C=O) groups excluding carboxylic acids is 2. The van der Waals surface area contributed by atoms with Gasteiger partial charge >= 0.3 is 0 Å². The van der Waals surface area contributed by atoms with Crippen LogP contribution in [0.25, 0.3) is 5.57 Å². The SMILES string of the molecule is CCN1C(=O)C(=C2SC(=S)N(CC(C)C)C2=O)c2cc(Br)ccc21. The first-order valence-electron chi connectivity index (χ1n) is 7.74. The van der Waals surface area contributed by atoms with E-state index < -0.39 is 0 Å². The second-order valence-corrected chi connectivity index (χ2v) is 8.65. The third kappa shape index (κ3) is 2.82. The molecule has 0 aromatic heterocycles. The molecular formula is C17H17BrN2O2S2. The summed E-state index contributed by atoms with van der Waals surface area (Å²) < 4.78 is 1.40. The monoisotopic (exact) mass is 424 g/mol. The normalized spacial score (nSPS) is 20.6. The lowest BCUT2D eigenvalue weighted by molar-refractivity contribution is -0.122. The van der Waals surface area contributed by atoms with E-state index in [4.69, 9.17) is 12.2 Å². The average molecular weight is 425 g/mol. The van der Waals surface area contributed by atoms with Gasteiger partial charge in [-0.05, 0) is 31.0 Å². The third-order valence-electron chi connectivity index (χ3n) is 3.92. The fourth-order valence-electron chi connectivity index (χ4n) is 2.91. The molecule has 0 saturated carbocycles. The fraction of sp³-hybridized carbons (Fsp3) is 0.353. The smallest absolute Gasteiger partial charge is 0.267 e. The Morgan fingerprint density at radius 1 is 1.21 bits per heavy atom. The number of benzene rings is 1. The lowest BCUT2D eigenvalue weighted by Crippen LogP contribution is -2.32. The quantitative estimate of drug-likeness (QED) is 0.542. The van der Waals surface area contributed by atoms with Crippen molar-refractivity contribution >= 4 is 67.3 Å². The van der Waals surface area contributed by atoms with Crippen LogP contribution < -0.4 is 4.90 Å². The lowest BCUT2D eigenvalue weighted by atomic mass is 10.1. The van der Waals surface area contributed by atoms with E-state index in [1.807, 2.05) is 39.0 Å². The number of halogens is 1. The molecule has 1 fully saturated rings. The van der Waals surface area contributed by atoms with Crippen molar-refractivity contribution in [3.63, 3.8) is 0 Å². The number of amides is 2. The molecule has 3 rings (SSSR count). The first-order valence-corrected chi connectivity index (χ1v) is 9.76. The van der Waals surface area contributed by atoms with Gasteiger partial charge in [-0.1, -0.05) is 53.8 Å². The number of hydrogen-bond acceptors (Lipinski definition) is 4. The topological polar surface area (TPSA) is 40.6 Å². The molecule has 1 aromatic rings. The van der Waals surface area contributed by atoms with Gasteiger partial charge in [-0.25, -0.2) is 0 Å². The molecule has 0 spiro atoms. The van der Waals surface area contributed by atoms with E-state index in [2.05, 4.69) is 15.9 Å². The zero-order chi connectivity index (χ0) is 17.6. The first kappa shape index (κ1) is 17.6. The van der Waals surface area contributed by atoms with Crippen LogP contribution in [0, 0.1) is 5.92 Å². The van der Waals surface area contributed by atoms with E-state index in [1.54, 1.807) is 9.80 Å². The van der Waals surface area contributed by atoms with Gasteiger partial charge in [0.1, 0.15) is 4.32 Å². The first-order chi connectivity index (χ1) is 11.3. The molecule has 0 bridgehead atoms. The summed E-state index contributed by atoms with van der Waals surface area (Å²) in [5, 5.41) is 0. The van der Waals surface area contributed by atoms with Crippen molar-refractivity contribution in [2.24, 2.45) is 5.92 Å². The van der Waals surface area contributed by atoms with Crippen molar-refractivity contribution in [3.05, 3.63) is 33.1 Å². The summed E-state index contributed by atoms with van der Waals surface area (Å²) in [6.45, 7) is 7.13. The Kier molecular flexibility index (Phi) is 4.86. The molecule has 0 radical (unpaired) electrons. The standard InChI is InChI=1S/C17H17BrN2O2S2/c1-4-19-12-6-5-10(18)7-11(12)13(15(19)21)14-16(22)20(8-9(2)3)17(23)24-14/h5-7,9H,4,8H2,1-3H3. The Morgan fingerprint density at radius 3 is 2.54 bits per heavy atom. The maximum Gasteiger partial charge on any atom is 0.267 e. The van der Waals surface area contributed by atoms with E-state index in [-0.39, 0.29) is 11.8 Å². The van der Waals surface area contributed by atoms with Gasteiger partial charge in [0.25, 0.3) is 11.8 Å². The van der Waals surface area contributed by atoms with E-state index in [0.717, 1.165) is 15.7 Å². The van der Waals surface area contributed by atoms with E-state index in [9.17, 15) is 9.59 Å². The highest BCUT2D eigenvalue weighted by atomic mass is 79.9. The molecule has 4 nitrogen and oxygen atoms in total. The minimum Gasteiger partial charge on any atom is -0.308 e. The molecule has 2 aliphatic heterocycles. The van der Waals surface area contributed by atoms with E-state index in [0.29, 0.717) is 33.8 Å². The van der Waals surface area contributed by atoms with Crippen LogP contribution in [-0.4, -0.2) is 34.1 Å². The van der Waals surface area contributed by atoms with Gasteiger partial charge in [-0.15, -0.1) is 0 Å². The number of anilines is 1. The van der Waals surface area contributed by atoms with Crippen LogP contribution in [0.2, 0.25) is 0 Å². The van der Waals surface area contributed by atoms with Gasteiger partial charge in [0.05, 0.1) is 16.2 Å². The largest absolute Gasteiger partial charge is 0.308 e. The van der Waals surface area contributed by atoms with Crippen LogP contribution in [0.3, 0.4) is 0 Å². The number of rotatable bonds is 3. The van der Waals surface area contributed by atoms with Gasteiger partial charge in [-0.2, -0.15) is 0 Å². The molecular weight excluding hydrogens is 408 g/mol. The van der Waals surface area contributed by atoms with Gasteiger partial charge in [-0.3, -0.25) is 14.5 Å². The molecule has 0 atom stereocenters. The lowest BCUT2D eigenvalue weighted by Gasteiger charge is -2.16. The Bertz CT molecular complexity index is 789. The second kappa shape index (κ2) is 6.61. The Hall–Kier alpha value is -1.18. The number of thioether (sulfide) groups is 1. The summed E-state index contributed by atoms with van der Waals surface area (Å²) >= 11 is 10.1. The highest BCUT2D eigenvalue weighted by Gasteiger charge is 2.41. The van der Waals surface area contributed by atoms with Crippen LogP contribution in [0.5, 0.6) is 0 Å². The third-order valence-corrected chi connectivity index (χ3v) is 5.86. The molecule has 2 aliphatic rings. The van der Waals surface area contributed by atoms with Crippen LogP contribution in [-0.2, 0) is 9.59 Å². The summed E-state index contributed by atoms with van der Waals surface area (Å²) in [6.07, 6.45) is 0. The molecule has 2 amide bonds. The van der Waals surface area contributed by atoms with Crippen LogP contribution >= 0.6 is 39.9 Å². The number of carbonyl (C=O) groups is 2. The summed E-state index contributed by atoms with van der Waals surface area (Å²) in [5.41, 5.74) is 2.10. The van der Waals surface area contributed by atoms with Crippen molar-refractivity contribution in [2.75, 3.05) is 18.0 Å². The van der Waals surface area contributed by atoms with Gasteiger partial charge in [0, 0.05) is 23.1 Å². The highest BCUT2D eigenvalue weighted by Crippen LogP contribution is 2.45. The van der Waals surface area contributed by atoms with Gasteiger partial charge in [0.15, 0.2) is 0 Å². The number of hydrogen-bond donors (Lipinski definition) is 0. The molecule has 7 heteroatoms. The van der Waals surface area contributed by atoms with Crippen molar-refractivity contribution in [1.29, 1.82) is 0 Å². The zero-order valence-electron chi connectivity index (χ0n) is 13.6. The molecule has 1 saturated heterocycles. The van der Waals surface area contributed by atoms with Gasteiger partial charge < -0.3 is 4.90 Å². The van der Waals surface area contributed by atoms with Crippen molar-refractivity contribution in [3.8, 4) is 0 Å². The predicted molar refractivity (Wildman–Crippen MR) is 106 cm³/mol. The van der Waals surface area contributed by atoms with Crippen molar-refractivity contribution in [2.45, 2.75) is 20.8 Å². The summed E-state index contributed by atoms with van der Waals surface area (Å²) in [7, 11) is 0. The molecule has 0 aliphatic carbocycles. The number of nitrogens with zero attached hydrogens (tertiary/aromatic N) is 2. The predicted octanol–water partition coefficient (Wildman–Crippen LogP) is 4.04. The zero-order valence-corrected chi connectivity index (χ0v) is 16.8. The van der Waals surface area contributed by atoms with E-state index >= 15 is 0 Å². The van der Waals surface area contributed by atoms with Crippen LogP contribution in [0.4, 0.5) is 5.69 Å². The van der Waals surface area contributed by atoms with Gasteiger partial charge in [0.2, 0.25) is 0 Å². The highest BCUT2D eigenvalue weighted by molar-refractivity contribution is 9.10. The van der Waals surface area contributed by atoms with Crippen molar-refractivity contribution < 1.29 is 9.59 Å². The molecule has 0 unspecified atom stereocenters. The number of likely N-dealkylation sites (N-methyl/N-ethyl adjacent to an activating group) is 1. The summed E-state index contributed by atoms with van der Waals surface area (Å²) in [5.74, 6) is 0.0197. The van der Waals surface area contributed by atoms with Crippen LogP contribution in [0.1, 0.15) is 26.3 Å². The van der Waals surface area contributed by atoms with Crippen LogP contribution in [0.15, 0.2) is 27.6 Å². The summed E-state index contributed by atoms with van der Waals surface area (Å²) in [4.78, 5) is 29.5. The number of fused-ring (bicyclic) bond motifs is 1.